The summed E-state index contributed by atoms with van der Waals surface area (Å²) >= 11 is 1.59. The van der Waals surface area contributed by atoms with Crippen molar-refractivity contribution in [3.8, 4) is 22.8 Å². The zero-order valence-corrected chi connectivity index (χ0v) is 21.8. The van der Waals surface area contributed by atoms with Gasteiger partial charge in [0, 0.05) is 35.3 Å². The van der Waals surface area contributed by atoms with Crippen LogP contribution in [0.5, 0.6) is 11.5 Å². The summed E-state index contributed by atoms with van der Waals surface area (Å²) in [6, 6.07) is 18.3. The van der Waals surface area contributed by atoms with E-state index in [1.54, 1.807) is 17.5 Å². The Bertz CT molecular complexity index is 1430. The average Bonchev–Trinajstić information content (AvgIpc) is 3.47. The van der Waals surface area contributed by atoms with Crippen LogP contribution < -0.4 is 20.7 Å². The van der Waals surface area contributed by atoms with Gasteiger partial charge in [-0.2, -0.15) is 0 Å². The third kappa shape index (κ3) is 5.12. The van der Waals surface area contributed by atoms with E-state index in [1.165, 1.54) is 17.0 Å². The first-order valence-electron chi connectivity index (χ1n) is 12.8. The zero-order chi connectivity index (χ0) is 25.4. The van der Waals surface area contributed by atoms with Crippen molar-refractivity contribution in [1.29, 1.82) is 0 Å². The largest absolute Gasteiger partial charge is 0.457 e. The Morgan fingerprint density at radius 3 is 2.49 bits per heavy atom. The highest BCUT2D eigenvalue weighted by Gasteiger charge is 2.24. The van der Waals surface area contributed by atoms with Crippen LogP contribution >= 0.6 is 11.3 Å². The topological polar surface area (TPSA) is 91.3 Å². The van der Waals surface area contributed by atoms with Crippen LogP contribution in [0.2, 0.25) is 0 Å². The summed E-state index contributed by atoms with van der Waals surface area (Å²) in [7, 11) is 0. The molecule has 0 radical (unpaired) electrons. The van der Waals surface area contributed by atoms with Gasteiger partial charge in [0.25, 0.3) is 0 Å². The van der Waals surface area contributed by atoms with Crippen molar-refractivity contribution >= 4 is 26.7 Å². The van der Waals surface area contributed by atoms with Gasteiger partial charge in [0.15, 0.2) is 5.13 Å². The second-order valence-corrected chi connectivity index (χ2v) is 10.9. The number of nitrogens with zero attached hydrogens (tertiary/aromatic N) is 2. The number of allylic oxidation sites excluding steroid dienone is 2. The maximum absolute atomic E-state index is 10.3. The Balaban J connectivity index is 1.15. The Labute approximate surface area is 220 Å². The smallest absolute Gasteiger partial charge is 0.184 e. The number of aliphatic hydroxyl groups is 1. The number of hydrogen-bond acceptors (Lipinski definition) is 8. The second-order valence-electron chi connectivity index (χ2n) is 9.82. The minimum absolute atomic E-state index is 0.0740. The van der Waals surface area contributed by atoms with Gasteiger partial charge < -0.3 is 25.8 Å². The molecule has 190 valence electrons. The molecule has 0 saturated heterocycles. The molecule has 4 N–H and O–H groups in total. The molecule has 0 bridgehead atoms. The van der Waals surface area contributed by atoms with E-state index >= 15 is 0 Å². The van der Waals surface area contributed by atoms with Crippen molar-refractivity contribution in [2.75, 3.05) is 5.32 Å². The molecule has 2 atom stereocenters. The van der Waals surface area contributed by atoms with Crippen molar-refractivity contribution in [3.63, 3.8) is 0 Å². The van der Waals surface area contributed by atoms with Gasteiger partial charge in [-0.05, 0) is 50.5 Å². The van der Waals surface area contributed by atoms with Gasteiger partial charge in [-0.3, -0.25) is 4.98 Å². The Morgan fingerprint density at radius 1 is 0.946 bits per heavy atom. The third-order valence-corrected chi connectivity index (χ3v) is 8.14. The number of aromatic nitrogens is 2. The first kappa shape index (κ1) is 23.8. The molecule has 2 aromatic carbocycles. The molecule has 8 heteroatoms. The number of pyridine rings is 1. The number of rotatable bonds is 6. The monoisotopic (exact) mass is 513 g/mol. The molecule has 0 spiro atoms. The van der Waals surface area contributed by atoms with Gasteiger partial charge in [-0.25, -0.2) is 4.98 Å². The fourth-order valence-electron chi connectivity index (χ4n) is 4.94. The van der Waals surface area contributed by atoms with Crippen LogP contribution in [0.3, 0.4) is 0 Å². The molecule has 1 aliphatic carbocycles. The highest BCUT2D eigenvalue weighted by atomic mass is 32.1. The van der Waals surface area contributed by atoms with Crippen LogP contribution in [0.1, 0.15) is 51.3 Å². The molecule has 1 saturated carbocycles. The van der Waals surface area contributed by atoms with E-state index in [4.69, 9.17) is 9.72 Å². The maximum Gasteiger partial charge on any atom is 0.184 e. The summed E-state index contributed by atoms with van der Waals surface area (Å²) in [4.78, 5) is 9.27. The first-order valence-corrected chi connectivity index (χ1v) is 13.6. The molecule has 3 heterocycles. The van der Waals surface area contributed by atoms with Crippen molar-refractivity contribution in [1.82, 2.24) is 20.6 Å². The Morgan fingerprint density at radius 2 is 1.70 bits per heavy atom. The summed E-state index contributed by atoms with van der Waals surface area (Å²) in [5.74, 6) is 1.49. The van der Waals surface area contributed by atoms with E-state index in [0.717, 1.165) is 63.8 Å². The average molecular weight is 514 g/mol. The van der Waals surface area contributed by atoms with Gasteiger partial charge in [-0.1, -0.05) is 48.4 Å². The molecule has 1 fully saturated rings. The second kappa shape index (κ2) is 10.0. The van der Waals surface area contributed by atoms with Crippen molar-refractivity contribution in [2.24, 2.45) is 0 Å². The van der Waals surface area contributed by atoms with Crippen molar-refractivity contribution in [3.05, 3.63) is 77.8 Å². The Hall–Kier alpha value is -3.62. The van der Waals surface area contributed by atoms with Gasteiger partial charge in [0.05, 0.1) is 28.1 Å². The molecule has 37 heavy (non-hydrogen) atoms. The molecule has 4 aromatic rings. The number of benzene rings is 2. The van der Waals surface area contributed by atoms with E-state index in [1.807, 2.05) is 30.3 Å². The molecular formula is C29H31N5O2S. The molecule has 6 rings (SSSR count). The number of fused-ring (bicyclic) bond motifs is 1. The SMILES string of the molecule is CC1=C(C)NC(c2ccc(-c3cc(Oc4ccc5nc(N[C@@H]6CCCC[C@H]6O)sc5c4)ccn3)cc2)N1. The predicted octanol–water partition coefficient (Wildman–Crippen LogP) is 6.31. The lowest BCUT2D eigenvalue weighted by molar-refractivity contribution is 0.116. The number of nitrogens with one attached hydrogen (secondary N) is 3. The molecule has 0 amide bonds. The summed E-state index contributed by atoms with van der Waals surface area (Å²) in [6.45, 7) is 4.16. The lowest BCUT2D eigenvalue weighted by Crippen LogP contribution is -2.36. The number of anilines is 1. The van der Waals surface area contributed by atoms with Crippen LogP contribution in [0.25, 0.3) is 21.5 Å². The van der Waals surface area contributed by atoms with E-state index in [-0.39, 0.29) is 18.3 Å². The van der Waals surface area contributed by atoms with Gasteiger partial charge in [0.1, 0.15) is 17.7 Å². The molecule has 7 nitrogen and oxygen atoms in total. The normalized spacial score (nSPS) is 20.1. The lowest BCUT2D eigenvalue weighted by atomic mass is 9.93. The standard InChI is InChI=1S/C29H31N5O2S/c1-17-18(2)32-28(31-17)20-9-7-19(8-10-20)25-15-22(13-14-30-25)36-21-11-12-24-27(16-21)37-29(34-24)33-23-5-3-4-6-26(23)35/h7-16,23,26,28,31-32,35H,3-6H2,1-2H3,(H,33,34)/t23-,26-/m1/s1. The van der Waals surface area contributed by atoms with Crippen molar-refractivity contribution in [2.45, 2.75) is 57.8 Å². The first-order chi connectivity index (χ1) is 18.0. The predicted molar refractivity (Wildman–Crippen MR) is 149 cm³/mol. The van der Waals surface area contributed by atoms with E-state index in [0.29, 0.717) is 0 Å². The van der Waals surface area contributed by atoms with E-state index in [2.05, 4.69) is 59.0 Å². The molecule has 1 aliphatic heterocycles. The van der Waals surface area contributed by atoms with Crippen LogP contribution in [0.4, 0.5) is 5.13 Å². The fourth-order valence-corrected chi connectivity index (χ4v) is 5.89. The van der Waals surface area contributed by atoms with E-state index < -0.39 is 0 Å². The summed E-state index contributed by atoms with van der Waals surface area (Å²) < 4.78 is 7.25. The highest BCUT2D eigenvalue weighted by molar-refractivity contribution is 7.22. The van der Waals surface area contributed by atoms with Gasteiger partial charge in [0.2, 0.25) is 0 Å². The molecule has 2 aromatic heterocycles. The van der Waals surface area contributed by atoms with Gasteiger partial charge in [-0.15, -0.1) is 0 Å². The molecule has 2 aliphatic rings. The van der Waals surface area contributed by atoms with Crippen LogP contribution in [0.15, 0.2) is 72.2 Å². The van der Waals surface area contributed by atoms with Gasteiger partial charge >= 0.3 is 0 Å². The van der Waals surface area contributed by atoms with Crippen LogP contribution in [-0.4, -0.2) is 27.2 Å². The minimum Gasteiger partial charge on any atom is -0.457 e. The summed E-state index contributed by atoms with van der Waals surface area (Å²) in [5, 5.41) is 21.5. The fraction of sp³-hybridized carbons (Fsp3) is 0.310. The molecule has 0 unspecified atom stereocenters. The lowest BCUT2D eigenvalue weighted by Gasteiger charge is -2.27. The van der Waals surface area contributed by atoms with Crippen molar-refractivity contribution < 1.29 is 9.84 Å². The zero-order valence-electron chi connectivity index (χ0n) is 21.0. The maximum atomic E-state index is 10.3. The minimum atomic E-state index is -0.307. The van der Waals surface area contributed by atoms with E-state index in [9.17, 15) is 5.11 Å². The number of ether oxygens (including phenoxy) is 1. The number of hydrogen-bond donors (Lipinski definition) is 4. The number of thiazole rings is 1. The highest BCUT2D eigenvalue weighted by Crippen LogP contribution is 2.34. The Kier molecular flexibility index (Phi) is 6.44. The van der Waals surface area contributed by atoms with Crippen LogP contribution in [-0.2, 0) is 0 Å². The summed E-state index contributed by atoms with van der Waals surface area (Å²) in [5.41, 5.74) is 6.34. The quantitative estimate of drug-likeness (QED) is 0.240. The van der Waals surface area contributed by atoms with Crippen LogP contribution in [0, 0.1) is 0 Å². The third-order valence-electron chi connectivity index (χ3n) is 7.19. The number of aliphatic hydroxyl groups excluding tert-OH is 1. The summed E-state index contributed by atoms with van der Waals surface area (Å²) in [6.07, 6.45) is 5.63. The molecular weight excluding hydrogens is 482 g/mol.